The van der Waals surface area contributed by atoms with Crippen molar-refractivity contribution in [3.63, 3.8) is 0 Å². The van der Waals surface area contributed by atoms with E-state index in [9.17, 15) is 18.0 Å². The third kappa shape index (κ3) is 6.25. The van der Waals surface area contributed by atoms with Gasteiger partial charge in [0.1, 0.15) is 5.60 Å². The van der Waals surface area contributed by atoms with Gasteiger partial charge < -0.3 is 4.74 Å². The number of hydrogen-bond donors (Lipinski definition) is 1. The zero-order valence-electron chi connectivity index (χ0n) is 23.5. The topological polar surface area (TPSA) is 70.6 Å². The van der Waals surface area contributed by atoms with Crippen molar-refractivity contribution < 1.29 is 22.7 Å². The Morgan fingerprint density at radius 1 is 1.05 bits per heavy atom. The van der Waals surface area contributed by atoms with Crippen molar-refractivity contribution in [3.8, 4) is 0 Å². The number of carbonyl (C=O) groups is 1. The standard InChI is InChI=1S/C25H29F3N5O2.3CH3.Sn/c1-24(2,3)35-23(34)33-18-6-7-19(33)14-32(13-18)17-8-9-21(20(10-17)15-4-5-15)31-22-29-11-16(12-30-22)25(26,27)28;;;;/h8-11,15,18-19H,4-7,13-14H2,1-3H3,(H,29,30,31);3*1H3;. The summed E-state index contributed by atoms with van der Waals surface area (Å²) in [5, 5.41) is 3.24. The van der Waals surface area contributed by atoms with Crippen LogP contribution in [-0.4, -0.2) is 70.1 Å². The number of amides is 1. The fraction of sp³-hybridized carbons (Fsp3) is 0.607. The maximum atomic E-state index is 13.6. The number of hydrogen-bond acceptors (Lipinski definition) is 6. The summed E-state index contributed by atoms with van der Waals surface area (Å²) in [5.74, 6) is 0.617. The van der Waals surface area contributed by atoms with E-state index in [1.54, 1.807) is 0 Å². The summed E-state index contributed by atoms with van der Waals surface area (Å²) in [5.41, 5.74) is 1.84. The number of carbonyl (C=O) groups excluding carboxylic acids is 1. The van der Waals surface area contributed by atoms with Crippen LogP contribution in [0.25, 0.3) is 0 Å². The first-order chi connectivity index (χ1) is 18.1. The number of nitrogens with zero attached hydrogens (tertiary/aromatic N) is 4. The molecule has 1 amide bonds. The number of rotatable bonds is 5. The van der Waals surface area contributed by atoms with Gasteiger partial charge >= 0.3 is 197 Å². The van der Waals surface area contributed by atoms with Crippen LogP contribution in [0.2, 0.25) is 14.8 Å². The van der Waals surface area contributed by atoms with Gasteiger partial charge in [-0.15, -0.1) is 0 Å². The summed E-state index contributed by atoms with van der Waals surface area (Å²) in [6, 6.07) is 6.46. The summed E-state index contributed by atoms with van der Waals surface area (Å²) in [7, 11) is 0. The molecule has 11 heteroatoms. The first kappa shape index (κ1) is 28.3. The monoisotopic (exact) mass is 653 g/mol. The van der Waals surface area contributed by atoms with Gasteiger partial charge in [0.05, 0.1) is 0 Å². The van der Waals surface area contributed by atoms with Gasteiger partial charge in [0, 0.05) is 0 Å². The van der Waals surface area contributed by atoms with Crippen LogP contribution in [0.15, 0.2) is 24.4 Å². The Bertz CT molecular complexity index is 1240. The molecule has 3 heterocycles. The van der Waals surface area contributed by atoms with Crippen molar-refractivity contribution in [2.75, 3.05) is 23.3 Å². The maximum absolute atomic E-state index is 13.6. The molecule has 5 rings (SSSR count). The number of anilines is 3. The Morgan fingerprint density at radius 3 is 2.23 bits per heavy atom. The van der Waals surface area contributed by atoms with E-state index >= 15 is 0 Å². The molecule has 0 radical (unpaired) electrons. The first-order valence-corrected chi connectivity index (χ1v) is 23.7. The van der Waals surface area contributed by atoms with Gasteiger partial charge in [0.25, 0.3) is 0 Å². The third-order valence-electron chi connectivity index (χ3n) is 7.56. The minimum atomic E-state index is -4.47. The normalized spacial score (nSPS) is 21.8. The Hall–Kier alpha value is -2.24. The van der Waals surface area contributed by atoms with E-state index in [-0.39, 0.29) is 27.8 Å². The number of nitrogens with one attached hydrogen (secondary N) is 1. The summed E-state index contributed by atoms with van der Waals surface area (Å²) in [6.45, 7) is 7.16. The van der Waals surface area contributed by atoms with Crippen LogP contribution in [0, 0.1) is 0 Å². The molecule has 1 aromatic heterocycles. The van der Waals surface area contributed by atoms with E-state index in [2.05, 4.69) is 26.3 Å². The van der Waals surface area contributed by atoms with Gasteiger partial charge in [-0.2, -0.15) is 0 Å². The van der Waals surface area contributed by atoms with Crippen molar-refractivity contribution in [3.05, 3.63) is 35.5 Å². The van der Waals surface area contributed by atoms with Crippen molar-refractivity contribution in [1.82, 2.24) is 14.9 Å². The number of ether oxygens (including phenoxy) is 1. The molecule has 2 saturated heterocycles. The van der Waals surface area contributed by atoms with Crippen LogP contribution >= 0.6 is 0 Å². The van der Waals surface area contributed by atoms with Gasteiger partial charge in [0.2, 0.25) is 0 Å². The van der Waals surface area contributed by atoms with E-state index in [1.165, 1.54) is 0 Å². The molecule has 2 unspecified atom stereocenters. The van der Waals surface area contributed by atoms with Crippen LogP contribution in [0.3, 0.4) is 0 Å². The predicted octanol–water partition coefficient (Wildman–Crippen LogP) is 6.25. The quantitative estimate of drug-likeness (QED) is 0.386. The second kappa shape index (κ2) is 9.99. The van der Waals surface area contributed by atoms with E-state index in [1.807, 2.05) is 52.6 Å². The van der Waals surface area contributed by atoms with E-state index in [0.717, 1.165) is 61.9 Å². The average molecular weight is 652 g/mol. The first-order valence-electron chi connectivity index (χ1n) is 13.7. The van der Waals surface area contributed by atoms with Crippen LogP contribution in [0.1, 0.15) is 63.5 Å². The van der Waals surface area contributed by atoms with E-state index in [0.29, 0.717) is 5.92 Å². The molecule has 2 bridgehead atoms. The van der Waals surface area contributed by atoms with Crippen molar-refractivity contribution in [2.24, 2.45) is 0 Å². The van der Waals surface area contributed by atoms with Crippen LogP contribution in [0.4, 0.5) is 35.3 Å². The molecule has 212 valence electrons. The van der Waals surface area contributed by atoms with E-state index in [4.69, 9.17) is 4.74 Å². The molecule has 1 N–H and O–H groups in total. The van der Waals surface area contributed by atoms with E-state index < -0.39 is 35.7 Å². The summed E-state index contributed by atoms with van der Waals surface area (Å²) >= 11 is -3.19. The van der Waals surface area contributed by atoms with Crippen LogP contribution in [-0.2, 0) is 10.9 Å². The number of halogens is 3. The zero-order valence-corrected chi connectivity index (χ0v) is 26.4. The summed E-state index contributed by atoms with van der Waals surface area (Å²) < 4.78 is 46.8. The molecular weight excluding hydrogens is 614 g/mol. The fourth-order valence-electron chi connectivity index (χ4n) is 5.66. The molecule has 1 aliphatic carbocycles. The molecule has 3 fully saturated rings. The predicted molar refractivity (Wildman–Crippen MR) is 149 cm³/mol. The second-order valence-corrected chi connectivity index (χ2v) is 27.2. The Morgan fingerprint density at radius 2 is 1.69 bits per heavy atom. The molecule has 39 heavy (non-hydrogen) atoms. The number of benzene rings is 1. The Kier molecular flexibility index (Phi) is 7.25. The van der Waals surface area contributed by atoms with Crippen molar-refractivity contribution in [2.45, 2.75) is 91.1 Å². The van der Waals surface area contributed by atoms with Gasteiger partial charge in [-0.25, -0.2) is 4.79 Å². The second-order valence-electron chi connectivity index (χ2n) is 13.1. The molecule has 0 spiro atoms. The Labute approximate surface area is 232 Å². The number of aromatic nitrogens is 2. The number of piperazine rings is 1. The van der Waals surface area contributed by atoms with Crippen LogP contribution < -0.4 is 13.9 Å². The molecule has 2 aromatic rings. The summed E-state index contributed by atoms with van der Waals surface area (Å²) in [4.78, 5) is 31.4. The molecule has 1 aromatic carbocycles. The zero-order chi connectivity index (χ0) is 28.3. The molecule has 2 atom stereocenters. The number of alkyl halides is 3. The van der Waals surface area contributed by atoms with Gasteiger partial charge in [-0.3, -0.25) is 0 Å². The fourth-order valence-corrected chi connectivity index (χ4v) is 9.82. The molecule has 7 nitrogen and oxygen atoms in total. The van der Waals surface area contributed by atoms with Gasteiger partial charge in [0.15, 0.2) is 0 Å². The molecule has 3 aliphatic rings. The average Bonchev–Trinajstić information content (AvgIpc) is 3.61. The Balaban J connectivity index is 1.37. The number of fused-ring (bicyclic) bond motifs is 2. The minimum absolute atomic E-state index is 0.114. The third-order valence-corrected chi connectivity index (χ3v) is 12.7. The summed E-state index contributed by atoms with van der Waals surface area (Å²) in [6.07, 6.45) is 0.303. The van der Waals surface area contributed by atoms with Crippen molar-refractivity contribution >= 4 is 45.5 Å². The van der Waals surface area contributed by atoms with Crippen molar-refractivity contribution in [1.29, 1.82) is 0 Å². The molecule has 1 saturated carbocycles. The molecular formula is C28H38F3N5O2Sn. The van der Waals surface area contributed by atoms with Gasteiger partial charge in [-0.1, -0.05) is 0 Å². The van der Waals surface area contributed by atoms with Crippen LogP contribution in [0.5, 0.6) is 0 Å². The SMILES string of the molecule is CC(C)(C)OC(=O)N1C2CCC1CN(c1ccc(Nc3ncc(C(F)(F)F)[c]([Sn]([CH3])([CH3])[CH3])n3)c(C3CC3)c1)C2. The molecule has 2 aliphatic heterocycles. The van der Waals surface area contributed by atoms with Gasteiger partial charge in [-0.05, 0) is 20.8 Å².